The molecule has 0 saturated carbocycles. The number of benzene rings is 1. The van der Waals surface area contributed by atoms with Gasteiger partial charge in [-0.1, -0.05) is 13.0 Å². The summed E-state index contributed by atoms with van der Waals surface area (Å²) in [5.74, 6) is 2.25. The molecule has 2 rings (SSSR count). The number of nitrogens with zero attached hydrogens (tertiary/aromatic N) is 2. The molecule has 0 aliphatic carbocycles. The molecule has 0 amide bonds. The van der Waals surface area contributed by atoms with Crippen LogP contribution in [0, 0.1) is 13.8 Å². The number of aromatic nitrogens is 1. The van der Waals surface area contributed by atoms with Gasteiger partial charge in [-0.15, -0.1) is 35.3 Å². The summed E-state index contributed by atoms with van der Waals surface area (Å²) in [6.45, 7) is 8.18. The molecule has 1 heterocycles. The first kappa shape index (κ1) is 23.5. The first-order chi connectivity index (χ1) is 12.6. The number of methoxy groups -OCH3 is 1. The SMILES string of the molecule is CCCOc1ccc(CNC(=NC)NCc2nc(C)c(C)s2)cc1OC.I. The molecule has 0 bridgehead atoms. The highest BCUT2D eigenvalue weighted by atomic mass is 127. The van der Waals surface area contributed by atoms with E-state index in [2.05, 4.69) is 34.5 Å². The molecule has 27 heavy (non-hydrogen) atoms. The Labute approximate surface area is 182 Å². The Morgan fingerprint density at radius 1 is 1.19 bits per heavy atom. The van der Waals surface area contributed by atoms with E-state index in [0.717, 1.165) is 40.1 Å². The molecule has 0 atom stereocenters. The van der Waals surface area contributed by atoms with Crippen molar-refractivity contribution in [1.82, 2.24) is 15.6 Å². The highest BCUT2D eigenvalue weighted by Gasteiger charge is 2.07. The van der Waals surface area contributed by atoms with E-state index in [1.54, 1.807) is 25.5 Å². The predicted octanol–water partition coefficient (Wildman–Crippen LogP) is 4.04. The molecular formula is C19H29IN4O2S. The number of rotatable bonds is 8. The van der Waals surface area contributed by atoms with Gasteiger partial charge in [0.1, 0.15) is 5.01 Å². The number of aliphatic imine (C=N–C) groups is 1. The lowest BCUT2D eigenvalue weighted by Gasteiger charge is -2.14. The fourth-order valence-corrected chi connectivity index (χ4v) is 3.21. The first-order valence-corrected chi connectivity index (χ1v) is 9.56. The minimum absolute atomic E-state index is 0. The van der Waals surface area contributed by atoms with Gasteiger partial charge in [-0.05, 0) is 38.0 Å². The van der Waals surface area contributed by atoms with Gasteiger partial charge in [0.25, 0.3) is 0 Å². The van der Waals surface area contributed by atoms with Gasteiger partial charge >= 0.3 is 0 Å². The highest BCUT2D eigenvalue weighted by molar-refractivity contribution is 14.0. The van der Waals surface area contributed by atoms with Crippen LogP contribution < -0.4 is 20.1 Å². The molecule has 1 aromatic carbocycles. The van der Waals surface area contributed by atoms with Crippen molar-refractivity contribution in [3.8, 4) is 11.5 Å². The third kappa shape index (κ3) is 7.17. The first-order valence-electron chi connectivity index (χ1n) is 8.74. The van der Waals surface area contributed by atoms with Crippen LogP contribution in [0.4, 0.5) is 0 Å². The standard InChI is InChI=1S/C19H28N4O2S.HI/c1-6-9-25-16-8-7-15(10-17(16)24-5)11-21-19(20-4)22-12-18-23-13(2)14(3)26-18;/h7-8,10H,6,9,11-12H2,1-5H3,(H2,20,21,22);1H. The van der Waals surface area contributed by atoms with Crippen LogP contribution >= 0.6 is 35.3 Å². The molecule has 6 nitrogen and oxygen atoms in total. The van der Waals surface area contributed by atoms with E-state index in [9.17, 15) is 0 Å². The van der Waals surface area contributed by atoms with E-state index in [1.165, 1.54) is 4.88 Å². The Hall–Kier alpha value is -1.55. The summed E-state index contributed by atoms with van der Waals surface area (Å²) < 4.78 is 11.1. The second-order valence-electron chi connectivity index (χ2n) is 5.86. The fourth-order valence-electron chi connectivity index (χ4n) is 2.33. The highest BCUT2D eigenvalue weighted by Crippen LogP contribution is 2.28. The van der Waals surface area contributed by atoms with Crippen LogP contribution in [0.2, 0.25) is 0 Å². The fraction of sp³-hybridized carbons (Fsp3) is 0.474. The third-order valence-electron chi connectivity index (χ3n) is 3.85. The molecule has 2 aromatic rings. The van der Waals surface area contributed by atoms with Crippen molar-refractivity contribution in [2.24, 2.45) is 4.99 Å². The van der Waals surface area contributed by atoms with Crippen LogP contribution in [0.1, 0.15) is 34.5 Å². The molecule has 0 radical (unpaired) electrons. The minimum atomic E-state index is 0. The average molecular weight is 504 g/mol. The molecule has 0 spiro atoms. The van der Waals surface area contributed by atoms with Crippen LogP contribution in [0.15, 0.2) is 23.2 Å². The second-order valence-corrected chi connectivity index (χ2v) is 7.15. The maximum Gasteiger partial charge on any atom is 0.191 e. The van der Waals surface area contributed by atoms with E-state index in [-0.39, 0.29) is 24.0 Å². The van der Waals surface area contributed by atoms with Crippen molar-refractivity contribution in [2.75, 3.05) is 20.8 Å². The van der Waals surface area contributed by atoms with Gasteiger partial charge in [-0.2, -0.15) is 0 Å². The number of ether oxygens (including phenoxy) is 2. The largest absolute Gasteiger partial charge is 0.493 e. The van der Waals surface area contributed by atoms with Crippen LogP contribution in [0.25, 0.3) is 0 Å². The van der Waals surface area contributed by atoms with Crippen molar-refractivity contribution in [3.05, 3.63) is 39.3 Å². The van der Waals surface area contributed by atoms with E-state index >= 15 is 0 Å². The predicted molar refractivity (Wildman–Crippen MR) is 123 cm³/mol. The number of halogens is 1. The summed E-state index contributed by atoms with van der Waals surface area (Å²) >= 11 is 1.71. The Kier molecular flexibility index (Phi) is 10.5. The third-order valence-corrected chi connectivity index (χ3v) is 4.93. The van der Waals surface area contributed by atoms with Gasteiger partial charge in [0, 0.05) is 18.5 Å². The van der Waals surface area contributed by atoms with E-state index < -0.39 is 0 Å². The summed E-state index contributed by atoms with van der Waals surface area (Å²) in [6, 6.07) is 5.96. The second kappa shape index (κ2) is 12.0. The monoisotopic (exact) mass is 504 g/mol. The lowest BCUT2D eigenvalue weighted by atomic mass is 10.2. The molecule has 150 valence electrons. The zero-order valence-corrected chi connectivity index (χ0v) is 19.7. The quantitative estimate of drug-likeness (QED) is 0.323. The Balaban J connectivity index is 0.00000364. The summed E-state index contributed by atoms with van der Waals surface area (Å²) in [5.41, 5.74) is 2.18. The molecule has 0 aliphatic heterocycles. The lowest BCUT2D eigenvalue weighted by molar-refractivity contribution is 0.294. The van der Waals surface area contributed by atoms with Crippen molar-refractivity contribution < 1.29 is 9.47 Å². The molecule has 0 fully saturated rings. The van der Waals surface area contributed by atoms with Gasteiger partial charge in [-0.25, -0.2) is 4.98 Å². The summed E-state index contributed by atoms with van der Waals surface area (Å²) in [5, 5.41) is 7.66. The lowest BCUT2D eigenvalue weighted by Crippen LogP contribution is -2.36. The Morgan fingerprint density at radius 2 is 1.93 bits per heavy atom. The van der Waals surface area contributed by atoms with Crippen molar-refractivity contribution >= 4 is 41.3 Å². The molecule has 1 aromatic heterocycles. The average Bonchev–Trinajstić information content (AvgIpc) is 2.98. The van der Waals surface area contributed by atoms with Gasteiger partial charge < -0.3 is 20.1 Å². The van der Waals surface area contributed by atoms with Crippen LogP contribution in [0.3, 0.4) is 0 Å². The Bertz CT molecular complexity index is 730. The Morgan fingerprint density at radius 3 is 2.52 bits per heavy atom. The minimum Gasteiger partial charge on any atom is -0.493 e. The van der Waals surface area contributed by atoms with Crippen LogP contribution in [-0.2, 0) is 13.1 Å². The zero-order chi connectivity index (χ0) is 18.9. The molecule has 0 aliphatic rings. The molecule has 0 unspecified atom stereocenters. The zero-order valence-electron chi connectivity index (χ0n) is 16.6. The maximum atomic E-state index is 5.69. The van der Waals surface area contributed by atoms with Crippen molar-refractivity contribution in [2.45, 2.75) is 40.3 Å². The number of nitrogens with one attached hydrogen (secondary N) is 2. The van der Waals surface area contributed by atoms with Crippen molar-refractivity contribution in [1.29, 1.82) is 0 Å². The summed E-state index contributed by atoms with van der Waals surface area (Å²) in [4.78, 5) is 10.0. The van der Waals surface area contributed by atoms with Crippen LogP contribution in [0.5, 0.6) is 11.5 Å². The van der Waals surface area contributed by atoms with Gasteiger partial charge in [0.05, 0.1) is 26.0 Å². The maximum absolute atomic E-state index is 5.69. The van der Waals surface area contributed by atoms with E-state index in [1.807, 2.05) is 25.1 Å². The molecular weight excluding hydrogens is 475 g/mol. The number of thiazole rings is 1. The number of hydrogen-bond acceptors (Lipinski definition) is 5. The number of hydrogen-bond donors (Lipinski definition) is 2. The molecule has 8 heteroatoms. The van der Waals surface area contributed by atoms with Gasteiger partial charge in [0.15, 0.2) is 17.5 Å². The van der Waals surface area contributed by atoms with E-state index in [4.69, 9.17) is 9.47 Å². The summed E-state index contributed by atoms with van der Waals surface area (Å²) in [7, 11) is 3.42. The smallest absolute Gasteiger partial charge is 0.191 e. The number of guanidine groups is 1. The van der Waals surface area contributed by atoms with Crippen molar-refractivity contribution in [3.63, 3.8) is 0 Å². The van der Waals surface area contributed by atoms with Crippen LogP contribution in [-0.4, -0.2) is 31.7 Å². The molecule has 0 saturated heterocycles. The van der Waals surface area contributed by atoms with Gasteiger partial charge in [-0.3, -0.25) is 4.99 Å². The normalized spacial score (nSPS) is 10.9. The molecule has 2 N–H and O–H groups in total. The topological polar surface area (TPSA) is 67.8 Å². The van der Waals surface area contributed by atoms with E-state index in [0.29, 0.717) is 19.7 Å². The van der Waals surface area contributed by atoms with Gasteiger partial charge in [0.2, 0.25) is 0 Å². The number of aryl methyl sites for hydroxylation is 2. The summed E-state index contributed by atoms with van der Waals surface area (Å²) in [6.07, 6.45) is 0.965.